The van der Waals surface area contributed by atoms with E-state index in [1.165, 1.54) is 12.1 Å². The van der Waals surface area contributed by atoms with E-state index >= 15 is 0 Å². The van der Waals surface area contributed by atoms with E-state index in [1.807, 2.05) is 32.0 Å². The molecule has 0 heterocycles. The zero-order valence-electron chi connectivity index (χ0n) is 14.5. The summed E-state index contributed by atoms with van der Waals surface area (Å²) in [6, 6.07) is 11.9. The first kappa shape index (κ1) is 19.0. The second kappa shape index (κ2) is 8.66. The van der Waals surface area contributed by atoms with Gasteiger partial charge in [0.25, 0.3) is 11.8 Å². The highest BCUT2D eigenvalue weighted by Gasteiger charge is 2.09. The summed E-state index contributed by atoms with van der Waals surface area (Å²) in [6.45, 7) is 3.26. The molecular formula is C19H20N2O5. The normalized spacial score (nSPS) is 10.1. The molecule has 0 bridgehead atoms. The van der Waals surface area contributed by atoms with E-state index < -0.39 is 18.4 Å². The summed E-state index contributed by atoms with van der Waals surface area (Å²) in [5.74, 6) is -1.28. The monoisotopic (exact) mass is 356 g/mol. The SMILES string of the molecule is Cc1ccc(C)c(OCC(=O)Nc2ccc(C(=O)NCC(=O)O)cc2)c1. The van der Waals surface area contributed by atoms with Gasteiger partial charge in [-0.05, 0) is 55.3 Å². The van der Waals surface area contributed by atoms with Crippen LogP contribution in [0.2, 0.25) is 0 Å². The van der Waals surface area contributed by atoms with Gasteiger partial charge < -0.3 is 20.5 Å². The Bertz CT molecular complexity index is 815. The zero-order valence-corrected chi connectivity index (χ0v) is 14.5. The first-order valence-corrected chi connectivity index (χ1v) is 7.95. The van der Waals surface area contributed by atoms with E-state index in [2.05, 4.69) is 10.6 Å². The zero-order chi connectivity index (χ0) is 19.1. The number of carbonyl (C=O) groups is 3. The average Bonchev–Trinajstić information content (AvgIpc) is 2.61. The summed E-state index contributed by atoms with van der Waals surface area (Å²) in [6.07, 6.45) is 0. The van der Waals surface area contributed by atoms with E-state index in [0.717, 1.165) is 11.1 Å². The Morgan fingerprint density at radius 3 is 2.38 bits per heavy atom. The number of hydrogen-bond donors (Lipinski definition) is 3. The number of carboxylic acids is 1. The van der Waals surface area contributed by atoms with Crippen LogP contribution >= 0.6 is 0 Å². The van der Waals surface area contributed by atoms with Crippen LogP contribution in [0.15, 0.2) is 42.5 Å². The Kier molecular flexibility index (Phi) is 6.32. The minimum absolute atomic E-state index is 0.134. The topological polar surface area (TPSA) is 105 Å². The highest BCUT2D eigenvalue weighted by atomic mass is 16.5. The molecule has 2 aromatic rings. The maximum absolute atomic E-state index is 12.0. The van der Waals surface area contributed by atoms with Gasteiger partial charge in [0.1, 0.15) is 12.3 Å². The van der Waals surface area contributed by atoms with Gasteiger partial charge >= 0.3 is 5.97 Å². The molecule has 136 valence electrons. The molecule has 2 rings (SSSR count). The highest BCUT2D eigenvalue weighted by molar-refractivity contribution is 5.97. The molecule has 2 aromatic carbocycles. The lowest BCUT2D eigenvalue weighted by Gasteiger charge is -2.10. The number of nitrogens with one attached hydrogen (secondary N) is 2. The highest BCUT2D eigenvalue weighted by Crippen LogP contribution is 2.19. The lowest BCUT2D eigenvalue weighted by atomic mass is 10.1. The van der Waals surface area contributed by atoms with Crippen LogP contribution in [0.3, 0.4) is 0 Å². The smallest absolute Gasteiger partial charge is 0.322 e. The molecule has 0 fully saturated rings. The van der Waals surface area contributed by atoms with Crippen molar-refractivity contribution in [3.8, 4) is 5.75 Å². The Morgan fingerprint density at radius 1 is 1.04 bits per heavy atom. The number of aliphatic carboxylic acids is 1. The van der Waals surface area contributed by atoms with Crippen LogP contribution in [0.5, 0.6) is 5.75 Å². The molecule has 0 aliphatic heterocycles. The van der Waals surface area contributed by atoms with Gasteiger partial charge in [0.05, 0.1) is 0 Å². The van der Waals surface area contributed by atoms with Crippen LogP contribution in [0.4, 0.5) is 5.69 Å². The van der Waals surface area contributed by atoms with E-state index in [0.29, 0.717) is 17.0 Å². The number of ether oxygens (including phenoxy) is 1. The predicted octanol–water partition coefficient (Wildman–Crippen LogP) is 2.14. The Morgan fingerprint density at radius 2 is 1.73 bits per heavy atom. The van der Waals surface area contributed by atoms with Gasteiger partial charge in [-0.3, -0.25) is 14.4 Å². The molecular weight excluding hydrogens is 336 g/mol. The number of hydrogen-bond acceptors (Lipinski definition) is 4. The van der Waals surface area contributed by atoms with E-state index in [-0.39, 0.29) is 12.5 Å². The standard InChI is InChI=1S/C19H20N2O5/c1-12-3-4-13(2)16(9-12)26-11-17(22)21-15-7-5-14(6-8-15)19(25)20-10-18(23)24/h3-9H,10-11H2,1-2H3,(H,20,25)(H,21,22)(H,23,24). The Hall–Kier alpha value is -3.35. The Labute approximate surface area is 151 Å². The molecule has 0 atom stereocenters. The summed E-state index contributed by atoms with van der Waals surface area (Å²) in [5.41, 5.74) is 2.80. The second-order valence-electron chi connectivity index (χ2n) is 5.76. The minimum atomic E-state index is -1.12. The maximum atomic E-state index is 12.0. The third kappa shape index (κ3) is 5.62. The molecule has 7 heteroatoms. The van der Waals surface area contributed by atoms with Crippen LogP contribution in [0.25, 0.3) is 0 Å². The summed E-state index contributed by atoms with van der Waals surface area (Å²) < 4.78 is 5.54. The van der Waals surface area contributed by atoms with Crippen LogP contribution in [-0.4, -0.2) is 36.0 Å². The summed E-state index contributed by atoms with van der Waals surface area (Å²) in [4.78, 5) is 34.2. The van der Waals surface area contributed by atoms with Crippen molar-refractivity contribution in [1.29, 1.82) is 0 Å². The van der Waals surface area contributed by atoms with Crippen LogP contribution in [-0.2, 0) is 9.59 Å². The fourth-order valence-corrected chi connectivity index (χ4v) is 2.17. The third-order valence-corrected chi connectivity index (χ3v) is 3.53. The number of carbonyl (C=O) groups excluding carboxylic acids is 2. The van der Waals surface area contributed by atoms with Gasteiger partial charge in [-0.15, -0.1) is 0 Å². The molecule has 0 radical (unpaired) electrons. The first-order chi connectivity index (χ1) is 12.3. The van der Waals surface area contributed by atoms with E-state index in [9.17, 15) is 14.4 Å². The van der Waals surface area contributed by atoms with Crippen molar-refractivity contribution < 1.29 is 24.2 Å². The van der Waals surface area contributed by atoms with Gasteiger partial charge in [0.15, 0.2) is 6.61 Å². The lowest BCUT2D eigenvalue weighted by molar-refractivity contribution is -0.135. The van der Waals surface area contributed by atoms with Crippen molar-refractivity contribution in [1.82, 2.24) is 5.32 Å². The number of carboxylic acid groups (broad SMARTS) is 1. The second-order valence-corrected chi connectivity index (χ2v) is 5.76. The van der Waals surface area contributed by atoms with Crippen LogP contribution in [0, 0.1) is 13.8 Å². The van der Waals surface area contributed by atoms with Gasteiger partial charge in [0.2, 0.25) is 0 Å². The lowest BCUT2D eigenvalue weighted by Crippen LogP contribution is -2.29. The average molecular weight is 356 g/mol. The largest absolute Gasteiger partial charge is 0.483 e. The molecule has 3 N–H and O–H groups in total. The molecule has 0 spiro atoms. The van der Waals surface area contributed by atoms with Gasteiger partial charge in [-0.25, -0.2) is 0 Å². The van der Waals surface area contributed by atoms with E-state index in [1.54, 1.807) is 12.1 Å². The van der Waals surface area contributed by atoms with Crippen molar-refractivity contribution in [2.45, 2.75) is 13.8 Å². The van der Waals surface area contributed by atoms with Gasteiger partial charge in [0, 0.05) is 11.3 Å². The molecule has 0 saturated carbocycles. The molecule has 26 heavy (non-hydrogen) atoms. The molecule has 0 aliphatic rings. The number of amides is 2. The van der Waals surface area contributed by atoms with Crippen molar-refractivity contribution in [3.05, 3.63) is 59.2 Å². The minimum Gasteiger partial charge on any atom is -0.483 e. The molecule has 0 saturated heterocycles. The Balaban J connectivity index is 1.88. The molecule has 0 unspecified atom stereocenters. The van der Waals surface area contributed by atoms with Crippen molar-refractivity contribution in [3.63, 3.8) is 0 Å². The summed E-state index contributed by atoms with van der Waals surface area (Å²) >= 11 is 0. The number of anilines is 1. The van der Waals surface area contributed by atoms with Crippen LogP contribution in [0.1, 0.15) is 21.5 Å². The summed E-state index contributed by atoms with van der Waals surface area (Å²) in [7, 11) is 0. The molecule has 7 nitrogen and oxygen atoms in total. The van der Waals surface area contributed by atoms with Gasteiger partial charge in [-0.1, -0.05) is 12.1 Å². The molecule has 0 aromatic heterocycles. The fraction of sp³-hybridized carbons (Fsp3) is 0.211. The van der Waals surface area contributed by atoms with Crippen LogP contribution < -0.4 is 15.4 Å². The molecule has 2 amide bonds. The van der Waals surface area contributed by atoms with Gasteiger partial charge in [-0.2, -0.15) is 0 Å². The van der Waals surface area contributed by atoms with Crippen molar-refractivity contribution in [2.75, 3.05) is 18.5 Å². The predicted molar refractivity (Wildman–Crippen MR) is 96.5 cm³/mol. The van der Waals surface area contributed by atoms with Crippen molar-refractivity contribution in [2.24, 2.45) is 0 Å². The fourth-order valence-electron chi connectivity index (χ4n) is 2.17. The number of benzene rings is 2. The molecule has 0 aliphatic carbocycles. The summed E-state index contributed by atoms with van der Waals surface area (Å²) in [5, 5.41) is 13.5. The van der Waals surface area contributed by atoms with Crippen molar-refractivity contribution >= 4 is 23.5 Å². The quantitative estimate of drug-likeness (QED) is 0.705. The third-order valence-electron chi connectivity index (χ3n) is 3.53. The number of aryl methyl sites for hydroxylation is 2. The number of rotatable bonds is 7. The van der Waals surface area contributed by atoms with E-state index in [4.69, 9.17) is 9.84 Å². The first-order valence-electron chi connectivity index (χ1n) is 7.95. The maximum Gasteiger partial charge on any atom is 0.322 e.